The largest absolute Gasteiger partial charge is 0.477 e. The lowest BCUT2D eigenvalue weighted by Crippen LogP contribution is -2.35. The van der Waals surface area contributed by atoms with Gasteiger partial charge in [0, 0.05) is 12.1 Å². The molecule has 0 aliphatic carbocycles. The van der Waals surface area contributed by atoms with Crippen molar-refractivity contribution in [2.75, 3.05) is 4.90 Å². The average molecular weight is 305 g/mol. The zero-order chi connectivity index (χ0) is 15.1. The van der Waals surface area contributed by atoms with Crippen molar-refractivity contribution in [3.05, 3.63) is 16.8 Å². The molecule has 5 nitrogen and oxygen atoms in total. The lowest BCUT2D eigenvalue weighted by molar-refractivity contribution is 0.0701. The van der Waals surface area contributed by atoms with Gasteiger partial charge in [-0.15, -0.1) is 11.3 Å². The molecule has 1 aliphatic rings. The van der Waals surface area contributed by atoms with Gasteiger partial charge in [-0.2, -0.15) is 0 Å². The number of carbonyl (C=O) groups is 1. The molecule has 0 spiro atoms. The Balaban J connectivity index is 2.21. The fourth-order valence-electron chi connectivity index (χ4n) is 3.31. The normalized spacial score (nSPS) is 22.1. The van der Waals surface area contributed by atoms with Crippen LogP contribution in [-0.4, -0.2) is 33.1 Å². The van der Waals surface area contributed by atoms with Gasteiger partial charge in [-0.1, -0.05) is 6.92 Å². The Morgan fingerprint density at radius 1 is 1.48 bits per heavy atom. The van der Waals surface area contributed by atoms with Gasteiger partial charge < -0.3 is 10.0 Å². The summed E-state index contributed by atoms with van der Waals surface area (Å²) in [6, 6.07) is 0.909. The number of carboxylic acid groups (broad SMARTS) is 1. The molecule has 112 valence electrons. The van der Waals surface area contributed by atoms with Crippen LogP contribution in [0.1, 0.15) is 48.3 Å². The van der Waals surface area contributed by atoms with Crippen molar-refractivity contribution < 1.29 is 9.90 Å². The van der Waals surface area contributed by atoms with E-state index in [0.717, 1.165) is 40.9 Å². The van der Waals surface area contributed by atoms with Crippen molar-refractivity contribution in [2.24, 2.45) is 0 Å². The molecule has 0 amide bonds. The van der Waals surface area contributed by atoms with Gasteiger partial charge in [0.2, 0.25) is 0 Å². The summed E-state index contributed by atoms with van der Waals surface area (Å²) in [6.45, 7) is 6.26. The molecule has 3 rings (SSSR count). The van der Waals surface area contributed by atoms with E-state index in [1.165, 1.54) is 11.3 Å². The van der Waals surface area contributed by atoms with Crippen LogP contribution in [-0.2, 0) is 0 Å². The van der Waals surface area contributed by atoms with Gasteiger partial charge in [-0.05, 0) is 38.7 Å². The van der Waals surface area contributed by atoms with E-state index in [-0.39, 0.29) is 0 Å². The minimum atomic E-state index is -0.886. The van der Waals surface area contributed by atoms with Crippen molar-refractivity contribution in [1.82, 2.24) is 9.97 Å². The highest BCUT2D eigenvalue weighted by Crippen LogP contribution is 2.39. The maximum absolute atomic E-state index is 11.4. The number of aromatic nitrogens is 2. The Morgan fingerprint density at radius 2 is 2.24 bits per heavy atom. The second-order valence-corrected chi connectivity index (χ2v) is 6.63. The first kappa shape index (κ1) is 14.3. The number of thiophene rings is 1. The molecule has 1 saturated heterocycles. The van der Waals surface area contributed by atoms with E-state index in [0.29, 0.717) is 17.0 Å². The van der Waals surface area contributed by atoms with Crippen LogP contribution < -0.4 is 4.90 Å². The predicted octanol–water partition coefficient (Wildman–Crippen LogP) is 3.47. The van der Waals surface area contributed by atoms with E-state index in [9.17, 15) is 9.90 Å². The number of carboxylic acids is 1. The van der Waals surface area contributed by atoms with E-state index >= 15 is 0 Å². The van der Waals surface area contributed by atoms with E-state index in [2.05, 4.69) is 28.7 Å². The van der Waals surface area contributed by atoms with E-state index < -0.39 is 5.97 Å². The average Bonchev–Trinajstić information content (AvgIpc) is 2.99. The summed E-state index contributed by atoms with van der Waals surface area (Å²) in [5.74, 6) is 0.0149. The third-order valence-corrected chi connectivity index (χ3v) is 5.59. The van der Waals surface area contributed by atoms with Crippen molar-refractivity contribution in [3.8, 4) is 0 Å². The number of hydrogen-bond donors (Lipinski definition) is 1. The zero-order valence-electron chi connectivity index (χ0n) is 12.5. The zero-order valence-corrected chi connectivity index (χ0v) is 13.3. The number of aryl methyl sites for hydroxylation is 1. The van der Waals surface area contributed by atoms with Crippen LogP contribution in [0.3, 0.4) is 0 Å². The highest BCUT2D eigenvalue weighted by molar-refractivity contribution is 7.20. The number of fused-ring (bicyclic) bond motifs is 1. The molecular formula is C15H19N3O2S. The first-order chi connectivity index (χ1) is 10.0. The summed E-state index contributed by atoms with van der Waals surface area (Å²) < 4.78 is 0. The third kappa shape index (κ3) is 2.18. The lowest BCUT2D eigenvalue weighted by Gasteiger charge is -2.29. The van der Waals surface area contributed by atoms with Crippen molar-refractivity contribution in [1.29, 1.82) is 0 Å². The Morgan fingerprint density at radius 3 is 2.90 bits per heavy atom. The molecular weight excluding hydrogens is 286 g/mol. The molecule has 2 aromatic rings. The summed E-state index contributed by atoms with van der Waals surface area (Å²) in [5.41, 5.74) is 0.784. The van der Waals surface area contributed by atoms with Crippen molar-refractivity contribution >= 4 is 33.3 Å². The number of anilines is 1. The van der Waals surface area contributed by atoms with E-state index in [1.807, 2.05) is 6.92 Å². The van der Waals surface area contributed by atoms with Gasteiger partial charge in [0.25, 0.3) is 0 Å². The molecule has 2 atom stereocenters. The molecule has 1 N–H and O–H groups in total. The van der Waals surface area contributed by atoms with Crippen LogP contribution in [0.2, 0.25) is 0 Å². The minimum absolute atomic E-state index is 0.367. The molecule has 1 fully saturated rings. The van der Waals surface area contributed by atoms with Crippen LogP contribution in [0, 0.1) is 6.92 Å². The van der Waals surface area contributed by atoms with Crippen molar-refractivity contribution in [3.63, 3.8) is 0 Å². The lowest BCUT2D eigenvalue weighted by atomic mass is 10.1. The second-order valence-electron chi connectivity index (χ2n) is 5.63. The quantitative estimate of drug-likeness (QED) is 0.940. The van der Waals surface area contributed by atoms with Gasteiger partial charge in [-0.3, -0.25) is 0 Å². The standard InChI is InChI=1S/C15H19N3O2S/c1-4-10-6-5-8(2)18(10)13-11-9(3)12(15(19)20)21-14(11)17-7-16-13/h7-8,10H,4-6H2,1-3H3,(H,19,20). The molecule has 0 aromatic carbocycles. The first-order valence-corrected chi connectivity index (χ1v) is 8.12. The molecule has 3 heterocycles. The minimum Gasteiger partial charge on any atom is -0.477 e. The fraction of sp³-hybridized carbons (Fsp3) is 0.533. The summed E-state index contributed by atoms with van der Waals surface area (Å²) >= 11 is 1.24. The highest BCUT2D eigenvalue weighted by Gasteiger charge is 2.32. The second kappa shape index (κ2) is 5.26. The molecule has 0 bridgehead atoms. The van der Waals surface area contributed by atoms with Gasteiger partial charge >= 0.3 is 5.97 Å². The van der Waals surface area contributed by atoms with Gasteiger partial charge in [0.05, 0.1) is 5.39 Å². The molecule has 21 heavy (non-hydrogen) atoms. The number of nitrogens with zero attached hydrogens (tertiary/aromatic N) is 3. The molecule has 0 radical (unpaired) electrons. The van der Waals surface area contributed by atoms with E-state index in [4.69, 9.17) is 0 Å². The van der Waals surface area contributed by atoms with Crippen LogP contribution in [0.4, 0.5) is 5.82 Å². The van der Waals surface area contributed by atoms with Crippen molar-refractivity contribution in [2.45, 2.75) is 52.1 Å². The summed E-state index contributed by atoms with van der Waals surface area (Å²) in [6.07, 6.45) is 4.94. The molecule has 1 aliphatic heterocycles. The topological polar surface area (TPSA) is 66.3 Å². The fourth-order valence-corrected chi connectivity index (χ4v) is 4.29. The van der Waals surface area contributed by atoms with Crippen LogP contribution >= 0.6 is 11.3 Å². The van der Waals surface area contributed by atoms with Crippen LogP contribution in [0.5, 0.6) is 0 Å². The Bertz CT molecular complexity index is 698. The molecule has 0 saturated carbocycles. The SMILES string of the molecule is CCC1CCC(C)N1c1ncnc2sc(C(=O)O)c(C)c12. The maximum Gasteiger partial charge on any atom is 0.346 e. The Labute approximate surface area is 127 Å². The smallest absolute Gasteiger partial charge is 0.346 e. The number of hydrogen-bond acceptors (Lipinski definition) is 5. The molecule has 2 unspecified atom stereocenters. The Hall–Kier alpha value is -1.69. The third-order valence-electron chi connectivity index (χ3n) is 4.40. The summed E-state index contributed by atoms with van der Waals surface area (Å²) in [7, 11) is 0. The first-order valence-electron chi connectivity index (χ1n) is 7.30. The molecule has 6 heteroatoms. The van der Waals surface area contributed by atoms with Gasteiger partial charge in [0.15, 0.2) is 0 Å². The summed E-state index contributed by atoms with van der Waals surface area (Å²) in [5, 5.41) is 10.2. The molecule has 2 aromatic heterocycles. The van der Waals surface area contributed by atoms with Gasteiger partial charge in [-0.25, -0.2) is 14.8 Å². The van der Waals surface area contributed by atoms with Crippen LogP contribution in [0.25, 0.3) is 10.2 Å². The predicted molar refractivity (Wildman–Crippen MR) is 84.4 cm³/mol. The van der Waals surface area contributed by atoms with Gasteiger partial charge in [0.1, 0.15) is 21.9 Å². The number of rotatable bonds is 3. The monoisotopic (exact) mass is 305 g/mol. The number of aromatic carboxylic acids is 1. The highest BCUT2D eigenvalue weighted by atomic mass is 32.1. The van der Waals surface area contributed by atoms with E-state index in [1.54, 1.807) is 6.33 Å². The van der Waals surface area contributed by atoms with Crippen LogP contribution in [0.15, 0.2) is 6.33 Å². The maximum atomic E-state index is 11.4. The summed E-state index contributed by atoms with van der Waals surface area (Å²) in [4.78, 5) is 23.6. The Kier molecular flexibility index (Phi) is 3.57.